The standard InChI is InChI=1S/C14H11Cl2NO2/c1-9-4-2-7-12(16)13(9)19-14(18)17-11-6-3-5-10(15)8-11/h2-8H,1H3,(H,17,18). The van der Waals surface area contributed by atoms with E-state index in [-0.39, 0.29) is 0 Å². The highest BCUT2D eigenvalue weighted by Crippen LogP contribution is 2.28. The molecule has 2 rings (SSSR count). The molecule has 19 heavy (non-hydrogen) atoms. The highest BCUT2D eigenvalue weighted by molar-refractivity contribution is 6.32. The van der Waals surface area contributed by atoms with Gasteiger partial charge in [-0.05, 0) is 36.8 Å². The zero-order chi connectivity index (χ0) is 13.8. The van der Waals surface area contributed by atoms with Gasteiger partial charge in [-0.1, -0.05) is 41.4 Å². The molecule has 0 unspecified atom stereocenters. The molecule has 5 heteroatoms. The van der Waals surface area contributed by atoms with Crippen LogP contribution in [-0.4, -0.2) is 6.09 Å². The molecule has 1 amide bonds. The van der Waals surface area contributed by atoms with E-state index in [9.17, 15) is 4.79 Å². The van der Waals surface area contributed by atoms with Crippen LogP contribution in [0.15, 0.2) is 42.5 Å². The molecule has 0 spiro atoms. The average molecular weight is 296 g/mol. The van der Waals surface area contributed by atoms with E-state index in [4.69, 9.17) is 27.9 Å². The van der Waals surface area contributed by atoms with Gasteiger partial charge in [-0.2, -0.15) is 0 Å². The van der Waals surface area contributed by atoms with Gasteiger partial charge in [0.1, 0.15) is 0 Å². The van der Waals surface area contributed by atoms with Crippen molar-refractivity contribution in [2.24, 2.45) is 0 Å². The number of nitrogens with one attached hydrogen (secondary N) is 1. The van der Waals surface area contributed by atoms with Crippen molar-refractivity contribution in [1.82, 2.24) is 0 Å². The molecule has 0 aromatic heterocycles. The Morgan fingerprint density at radius 3 is 2.58 bits per heavy atom. The van der Waals surface area contributed by atoms with Gasteiger partial charge in [0.2, 0.25) is 0 Å². The van der Waals surface area contributed by atoms with Crippen LogP contribution in [0.5, 0.6) is 5.75 Å². The molecule has 1 N–H and O–H groups in total. The maximum atomic E-state index is 11.8. The molecule has 0 heterocycles. The second kappa shape index (κ2) is 5.95. The molecular formula is C14H11Cl2NO2. The topological polar surface area (TPSA) is 38.3 Å². The van der Waals surface area contributed by atoms with E-state index in [1.54, 1.807) is 36.4 Å². The van der Waals surface area contributed by atoms with Crippen molar-refractivity contribution in [3.05, 3.63) is 58.1 Å². The minimum Gasteiger partial charge on any atom is -0.408 e. The maximum absolute atomic E-state index is 11.8. The lowest BCUT2D eigenvalue weighted by Gasteiger charge is -2.10. The number of para-hydroxylation sites is 1. The first-order valence-electron chi connectivity index (χ1n) is 5.56. The first-order valence-corrected chi connectivity index (χ1v) is 6.31. The number of aryl methyl sites for hydroxylation is 1. The summed E-state index contributed by atoms with van der Waals surface area (Å²) in [6, 6.07) is 12.1. The minimum absolute atomic E-state index is 0.351. The number of benzene rings is 2. The number of carbonyl (C=O) groups excluding carboxylic acids is 1. The van der Waals surface area contributed by atoms with Gasteiger partial charge < -0.3 is 4.74 Å². The quantitative estimate of drug-likeness (QED) is 0.854. The van der Waals surface area contributed by atoms with Gasteiger partial charge in [0.25, 0.3) is 0 Å². The number of anilines is 1. The van der Waals surface area contributed by atoms with Gasteiger partial charge in [-0.25, -0.2) is 4.79 Å². The Bertz CT molecular complexity index is 594. The molecule has 0 fully saturated rings. The molecule has 0 aliphatic rings. The Kier molecular flexibility index (Phi) is 4.30. The predicted octanol–water partition coefficient (Wildman–Crippen LogP) is 4.91. The van der Waals surface area contributed by atoms with Crippen LogP contribution >= 0.6 is 23.2 Å². The molecular weight excluding hydrogens is 285 g/mol. The fraction of sp³-hybridized carbons (Fsp3) is 0.0714. The van der Waals surface area contributed by atoms with E-state index in [1.165, 1.54) is 0 Å². The Hall–Kier alpha value is -1.71. The van der Waals surface area contributed by atoms with E-state index < -0.39 is 6.09 Å². The zero-order valence-electron chi connectivity index (χ0n) is 10.1. The lowest BCUT2D eigenvalue weighted by molar-refractivity contribution is 0.215. The summed E-state index contributed by atoms with van der Waals surface area (Å²) in [5.41, 5.74) is 1.34. The molecule has 0 saturated carbocycles. The van der Waals surface area contributed by atoms with E-state index in [1.807, 2.05) is 13.0 Å². The Morgan fingerprint density at radius 1 is 1.16 bits per heavy atom. The summed E-state index contributed by atoms with van der Waals surface area (Å²) >= 11 is 11.8. The summed E-state index contributed by atoms with van der Waals surface area (Å²) in [5, 5.41) is 3.51. The van der Waals surface area contributed by atoms with Crippen molar-refractivity contribution in [2.75, 3.05) is 5.32 Å². The number of rotatable bonds is 2. The summed E-state index contributed by atoms with van der Waals surface area (Å²) in [7, 11) is 0. The predicted molar refractivity (Wildman–Crippen MR) is 77.3 cm³/mol. The van der Waals surface area contributed by atoms with Crippen molar-refractivity contribution in [2.45, 2.75) is 6.92 Å². The lowest BCUT2D eigenvalue weighted by atomic mass is 10.2. The fourth-order valence-corrected chi connectivity index (χ4v) is 2.00. The van der Waals surface area contributed by atoms with Gasteiger partial charge in [0, 0.05) is 10.7 Å². The van der Waals surface area contributed by atoms with Crippen LogP contribution in [0.4, 0.5) is 10.5 Å². The summed E-state index contributed by atoms with van der Waals surface area (Å²) in [5.74, 6) is 0.351. The maximum Gasteiger partial charge on any atom is 0.417 e. The molecule has 0 bridgehead atoms. The number of carbonyl (C=O) groups is 1. The van der Waals surface area contributed by atoms with Crippen molar-refractivity contribution in [3.8, 4) is 5.75 Å². The van der Waals surface area contributed by atoms with Crippen molar-refractivity contribution in [3.63, 3.8) is 0 Å². The largest absolute Gasteiger partial charge is 0.417 e. The first kappa shape index (κ1) is 13.7. The highest BCUT2D eigenvalue weighted by atomic mass is 35.5. The molecule has 0 saturated heterocycles. The van der Waals surface area contributed by atoms with Crippen LogP contribution in [0.2, 0.25) is 10.0 Å². The molecule has 0 aliphatic heterocycles. The second-order valence-electron chi connectivity index (χ2n) is 3.91. The smallest absolute Gasteiger partial charge is 0.408 e. The van der Waals surface area contributed by atoms with Gasteiger partial charge in [-0.3, -0.25) is 5.32 Å². The summed E-state index contributed by atoms with van der Waals surface area (Å²) in [6.07, 6.45) is -0.613. The molecule has 2 aromatic rings. The van der Waals surface area contributed by atoms with Gasteiger partial charge >= 0.3 is 6.09 Å². The SMILES string of the molecule is Cc1cccc(Cl)c1OC(=O)Nc1cccc(Cl)c1. The van der Waals surface area contributed by atoms with Crippen molar-refractivity contribution in [1.29, 1.82) is 0 Å². The third-order valence-corrected chi connectivity index (χ3v) is 2.96. The zero-order valence-corrected chi connectivity index (χ0v) is 11.6. The molecule has 0 atom stereocenters. The Balaban J connectivity index is 2.10. The summed E-state index contributed by atoms with van der Waals surface area (Å²) in [6.45, 7) is 1.81. The monoisotopic (exact) mass is 295 g/mol. The van der Waals surface area contributed by atoms with E-state index in [0.29, 0.717) is 21.5 Å². The van der Waals surface area contributed by atoms with Gasteiger partial charge in [-0.15, -0.1) is 0 Å². The number of hydrogen-bond donors (Lipinski definition) is 1. The third kappa shape index (κ3) is 3.63. The molecule has 3 nitrogen and oxygen atoms in total. The molecule has 0 radical (unpaired) electrons. The molecule has 2 aromatic carbocycles. The molecule has 0 aliphatic carbocycles. The number of hydrogen-bond acceptors (Lipinski definition) is 2. The van der Waals surface area contributed by atoms with Crippen LogP contribution in [-0.2, 0) is 0 Å². The van der Waals surface area contributed by atoms with Gasteiger partial charge in [0.05, 0.1) is 5.02 Å². The van der Waals surface area contributed by atoms with Crippen molar-refractivity contribution < 1.29 is 9.53 Å². The van der Waals surface area contributed by atoms with E-state index in [0.717, 1.165) is 5.56 Å². The van der Waals surface area contributed by atoms with Crippen LogP contribution in [0.3, 0.4) is 0 Å². The fourth-order valence-electron chi connectivity index (χ4n) is 1.55. The van der Waals surface area contributed by atoms with Gasteiger partial charge in [0.15, 0.2) is 5.75 Å². The van der Waals surface area contributed by atoms with Crippen LogP contribution in [0.1, 0.15) is 5.56 Å². The van der Waals surface area contributed by atoms with Crippen LogP contribution in [0.25, 0.3) is 0 Å². The van der Waals surface area contributed by atoms with Crippen LogP contribution < -0.4 is 10.1 Å². The van der Waals surface area contributed by atoms with E-state index in [2.05, 4.69) is 5.32 Å². The lowest BCUT2D eigenvalue weighted by Crippen LogP contribution is -2.17. The molecule has 98 valence electrons. The normalized spacial score (nSPS) is 10.1. The first-order chi connectivity index (χ1) is 9.06. The van der Waals surface area contributed by atoms with Crippen molar-refractivity contribution >= 4 is 35.0 Å². The third-order valence-electron chi connectivity index (χ3n) is 2.43. The van der Waals surface area contributed by atoms with Crippen LogP contribution in [0, 0.1) is 6.92 Å². The average Bonchev–Trinajstić information content (AvgIpc) is 2.34. The number of halogens is 2. The highest BCUT2D eigenvalue weighted by Gasteiger charge is 2.10. The number of amides is 1. The second-order valence-corrected chi connectivity index (χ2v) is 4.75. The Morgan fingerprint density at radius 2 is 1.89 bits per heavy atom. The Labute approximate surface area is 121 Å². The summed E-state index contributed by atoms with van der Waals surface area (Å²) in [4.78, 5) is 11.8. The summed E-state index contributed by atoms with van der Waals surface area (Å²) < 4.78 is 5.19. The minimum atomic E-state index is -0.613. The number of ether oxygens (including phenoxy) is 1. The van der Waals surface area contributed by atoms with E-state index >= 15 is 0 Å².